The summed E-state index contributed by atoms with van der Waals surface area (Å²) in [5, 5.41) is 5.27. The lowest BCUT2D eigenvalue weighted by molar-refractivity contribution is -0.118. The SMILES string of the molecule is Cc1cc(C(=O)N2CC(C)OC(C)(C)C2)cc(S(N)(=O)=O)c1C. The van der Waals surface area contributed by atoms with Gasteiger partial charge in [0.15, 0.2) is 0 Å². The molecule has 1 atom stereocenters. The highest BCUT2D eigenvalue weighted by Gasteiger charge is 2.34. The van der Waals surface area contributed by atoms with Gasteiger partial charge in [0, 0.05) is 18.7 Å². The second-order valence-corrected chi connectivity index (χ2v) is 8.36. The number of aryl methyl sites for hydroxylation is 1. The number of primary sulfonamides is 1. The van der Waals surface area contributed by atoms with E-state index in [1.807, 2.05) is 20.8 Å². The van der Waals surface area contributed by atoms with Crippen molar-refractivity contribution in [1.82, 2.24) is 4.90 Å². The molecule has 0 radical (unpaired) electrons. The van der Waals surface area contributed by atoms with Crippen LogP contribution in [0.5, 0.6) is 0 Å². The van der Waals surface area contributed by atoms with E-state index in [1.165, 1.54) is 6.07 Å². The second-order valence-electron chi connectivity index (χ2n) is 6.84. The molecule has 0 spiro atoms. The van der Waals surface area contributed by atoms with Crippen LogP contribution in [0.3, 0.4) is 0 Å². The molecule has 0 saturated carbocycles. The van der Waals surface area contributed by atoms with Gasteiger partial charge in [-0.15, -0.1) is 0 Å². The number of carbonyl (C=O) groups excluding carboxylic acids is 1. The molecule has 1 unspecified atom stereocenters. The molecule has 2 N–H and O–H groups in total. The number of hydrogen-bond donors (Lipinski definition) is 1. The van der Waals surface area contributed by atoms with Gasteiger partial charge in [0.1, 0.15) is 0 Å². The smallest absolute Gasteiger partial charge is 0.254 e. The Morgan fingerprint density at radius 1 is 1.35 bits per heavy atom. The molecule has 2 rings (SSSR count). The highest BCUT2D eigenvalue weighted by atomic mass is 32.2. The Morgan fingerprint density at radius 2 is 1.96 bits per heavy atom. The highest BCUT2D eigenvalue weighted by Crippen LogP contribution is 2.25. The Morgan fingerprint density at radius 3 is 2.48 bits per heavy atom. The van der Waals surface area contributed by atoms with Crippen molar-refractivity contribution in [3.8, 4) is 0 Å². The molecule has 1 aliphatic rings. The average molecular weight is 340 g/mol. The van der Waals surface area contributed by atoms with Gasteiger partial charge in [0.05, 0.1) is 16.6 Å². The lowest BCUT2D eigenvalue weighted by atomic mass is 10.0. The predicted molar refractivity (Wildman–Crippen MR) is 87.8 cm³/mol. The maximum atomic E-state index is 12.8. The summed E-state index contributed by atoms with van der Waals surface area (Å²) >= 11 is 0. The molecular weight excluding hydrogens is 316 g/mol. The highest BCUT2D eigenvalue weighted by molar-refractivity contribution is 7.89. The van der Waals surface area contributed by atoms with Crippen LogP contribution in [0, 0.1) is 13.8 Å². The summed E-state index contributed by atoms with van der Waals surface area (Å²) in [5.41, 5.74) is 1.19. The molecule has 1 aromatic rings. The Bertz CT molecular complexity index is 741. The van der Waals surface area contributed by atoms with Crippen molar-refractivity contribution in [2.24, 2.45) is 5.14 Å². The Hall–Kier alpha value is -1.44. The van der Waals surface area contributed by atoms with Gasteiger partial charge in [-0.25, -0.2) is 13.6 Å². The van der Waals surface area contributed by atoms with Crippen LogP contribution in [0.1, 0.15) is 42.3 Å². The number of ether oxygens (including phenoxy) is 1. The molecule has 23 heavy (non-hydrogen) atoms. The molecule has 0 aliphatic carbocycles. The summed E-state index contributed by atoms with van der Waals surface area (Å²) in [4.78, 5) is 14.5. The zero-order valence-electron chi connectivity index (χ0n) is 14.2. The molecule has 128 valence electrons. The van der Waals surface area contributed by atoms with Crippen LogP contribution in [0.15, 0.2) is 17.0 Å². The molecule has 1 saturated heterocycles. The number of sulfonamides is 1. The first-order valence-corrected chi connectivity index (χ1v) is 9.06. The van der Waals surface area contributed by atoms with Crippen LogP contribution in [0.2, 0.25) is 0 Å². The number of amides is 1. The summed E-state index contributed by atoms with van der Waals surface area (Å²) in [5.74, 6) is -0.207. The van der Waals surface area contributed by atoms with Crippen molar-refractivity contribution in [1.29, 1.82) is 0 Å². The zero-order chi connectivity index (χ0) is 17.6. The molecule has 1 aliphatic heterocycles. The lowest BCUT2D eigenvalue weighted by Gasteiger charge is -2.41. The Kier molecular flexibility index (Phi) is 4.58. The second kappa shape index (κ2) is 5.89. The minimum atomic E-state index is -3.87. The van der Waals surface area contributed by atoms with E-state index in [4.69, 9.17) is 9.88 Å². The van der Waals surface area contributed by atoms with Gasteiger partial charge in [0.25, 0.3) is 5.91 Å². The van der Waals surface area contributed by atoms with E-state index in [9.17, 15) is 13.2 Å². The molecule has 0 aromatic heterocycles. The van der Waals surface area contributed by atoms with E-state index in [0.717, 1.165) is 5.56 Å². The Balaban J connectivity index is 2.42. The fourth-order valence-corrected chi connectivity index (χ4v) is 3.92. The fourth-order valence-electron chi connectivity index (χ4n) is 3.04. The lowest BCUT2D eigenvalue weighted by Crippen LogP contribution is -2.53. The van der Waals surface area contributed by atoms with Crippen molar-refractivity contribution in [3.63, 3.8) is 0 Å². The van der Waals surface area contributed by atoms with Gasteiger partial charge in [0.2, 0.25) is 10.0 Å². The molecule has 1 fully saturated rings. The minimum absolute atomic E-state index is 0.00131. The van der Waals surface area contributed by atoms with E-state index in [2.05, 4.69) is 0 Å². The van der Waals surface area contributed by atoms with Crippen LogP contribution in [-0.4, -0.2) is 44.0 Å². The quantitative estimate of drug-likeness (QED) is 0.885. The maximum absolute atomic E-state index is 12.8. The number of hydrogen-bond acceptors (Lipinski definition) is 4. The topological polar surface area (TPSA) is 89.7 Å². The van der Waals surface area contributed by atoms with Crippen molar-refractivity contribution < 1.29 is 17.9 Å². The fraction of sp³-hybridized carbons (Fsp3) is 0.562. The zero-order valence-corrected chi connectivity index (χ0v) is 15.0. The van der Waals surface area contributed by atoms with E-state index < -0.39 is 15.6 Å². The summed E-state index contributed by atoms with van der Waals surface area (Å²) < 4.78 is 29.3. The molecule has 1 amide bonds. The summed E-state index contributed by atoms with van der Waals surface area (Å²) in [6.45, 7) is 10.2. The van der Waals surface area contributed by atoms with Crippen molar-refractivity contribution in [2.45, 2.75) is 51.2 Å². The van der Waals surface area contributed by atoms with Crippen molar-refractivity contribution in [3.05, 3.63) is 28.8 Å². The molecule has 7 heteroatoms. The van der Waals surface area contributed by atoms with E-state index in [0.29, 0.717) is 24.2 Å². The van der Waals surface area contributed by atoms with Gasteiger partial charge >= 0.3 is 0 Å². The van der Waals surface area contributed by atoms with E-state index in [-0.39, 0.29) is 16.9 Å². The number of morpholine rings is 1. The monoisotopic (exact) mass is 340 g/mol. The molecule has 6 nitrogen and oxygen atoms in total. The van der Waals surface area contributed by atoms with Gasteiger partial charge < -0.3 is 9.64 Å². The van der Waals surface area contributed by atoms with Crippen LogP contribution in [-0.2, 0) is 14.8 Å². The third-order valence-electron chi connectivity index (χ3n) is 4.03. The summed E-state index contributed by atoms with van der Waals surface area (Å²) in [7, 11) is -3.87. The van der Waals surface area contributed by atoms with Crippen LogP contribution in [0.25, 0.3) is 0 Å². The average Bonchev–Trinajstić information content (AvgIpc) is 2.37. The largest absolute Gasteiger partial charge is 0.369 e. The third kappa shape index (κ3) is 3.91. The minimum Gasteiger partial charge on any atom is -0.369 e. The van der Waals surface area contributed by atoms with E-state index in [1.54, 1.807) is 24.8 Å². The molecular formula is C16H24N2O4S. The van der Waals surface area contributed by atoms with Gasteiger partial charge in [-0.1, -0.05) is 0 Å². The predicted octanol–water partition coefficient (Wildman–Crippen LogP) is 1.59. The molecule has 1 aromatic carbocycles. The van der Waals surface area contributed by atoms with Crippen molar-refractivity contribution >= 4 is 15.9 Å². The van der Waals surface area contributed by atoms with Crippen LogP contribution in [0.4, 0.5) is 0 Å². The molecule has 1 heterocycles. The van der Waals surface area contributed by atoms with Crippen LogP contribution >= 0.6 is 0 Å². The Labute approximate surface area is 137 Å². The van der Waals surface area contributed by atoms with Gasteiger partial charge in [-0.05, 0) is 57.9 Å². The first-order chi connectivity index (χ1) is 10.4. The normalized spacial score (nSPS) is 21.3. The maximum Gasteiger partial charge on any atom is 0.254 e. The standard InChI is InChI=1S/C16H24N2O4S/c1-10-6-13(7-14(12(10)3)23(17,20)21)15(19)18-8-11(2)22-16(4,5)9-18/h6-7,11H,8-9H2,1-5H3,(H2,17,20,21). The first-order valence-electron chi connectivity index (χ1n) is 7.52. The van der Waals surface area contributed by atoms with Crippen LogP contribution < -0.4 is 5.14 Å². The number of nitrogens with two attached hydrogens (primary N) is 1. The number of carbonyl (C=O) groups is 1. The van der Waals surface area contributed by atoms with Crippen molar-refractivity contribution in [2.75, 3.05) is 13.1 Å². The van der Waals surface area contributed by atoms with Gasteiger partial charge in [-0.2, -0.15) is 0 Å². The number of rotatable bonds is 2. The van der Waals surface area contributed by atoms with Gasteiger partial charge in [-0.3, -0.25) is 4.79 Å². The molecule has 0 bridgehead atoms. The first kappa shape index (κ1) is 17.9. The summed E-state index contributed by atoms with van der Waals surface area (Å²) in [6, 6.07) is 3.08. The summed E-state index contributed by atoms with van der Waals surface area (Å²) in [6.07, 6.45) is -0.0769. The third-order valence-corrected chi connectivity index (χ3v) is 5.07. The number of benzene rings is 1. The van der Waals surface area contributed by atoms with E-state index >= 15 is 0 Å². The number of nitrogens with zero attached hydrogens (tertiary/aromatic N) is 1.